The lowest BCUT2D eigenvalue weighted by molar-refractivity contribution is -0.121. The Morgan fingerprint density at radius 1 is 1.29 bits per heavy atom. The van der Waals surface area contributed by atoms with Crippen molar-refractivity contribution >= 4 is 5.91 Å². The first-order valence-corrected chi connectivity index (χ1v) is 5.89. The van der Waals surface area contributed by atoms with Crippen molar-refractivity contribution in [1.29, 1.82) is 0 Å². The first kappa shape index (κ1) is 13.5. The Labute approximate surface area is 102 Å². The van der Waals surface area contributed by atoms with E-state index >= 15 is 0 Å². The molecule has 4 nitrogen and oxygen atoms in total. The normalized spacial score (nSPS) is 10.0. The average molecular weight is 236 g/mol. The van der Waals surface area contributed by atoms with Crippen LogP contribution in [0.5, 0.6) is 5.75 Å². The number of carbonyl (C=O) groups is 1. The van der Waals surface area contributed by atoms with Gasteiger partial charge in [0.25, 0.3) is 0 Å². The van der Waals surface area contributed by atoms with Crippen molar-refractivity contribution in [3.63, 3.8) is 0 Å². The predicted octanol–water partition coefficient (Wildman–Crippen LogP) is 1.31. The highest BCUT2D eigenvalue weighted by Gasteiger charge is 1.99. The fourth-order valence-corrected chi connectivity index (χ4v) is 1.36. The van der Waals surface area contributed by atoms with E-state index in [2.05, 4.69) is 17.6 Å². The fourth-order valence-electron chi connectivity index (χ4n) is 1.36. The van der Waals surface area contributed by atoms with Gasteiger partial charge < -0.3 is 15.4 Å². The molecule has 1 aromatic rings. The van der Waals surface area contributed by atoms with E-state index in [1.807, 2.05) is 24.3 Å². The number of benzene rings is 1. The lowest BCUT2D eigenvalue weighted by Gasteiger charge is -2.07. The number of rotatable bonds is 7. The number of hydrogen-bond donors (Lipinski definition) is 2. The third-order valence-corrected chi connectivity index (χ3v) is 2.38. The maximum absolute atomic E-state index is 11.0. The molecule has 0 aliphatic carbocycles. The van der Waals surface area contributed by atoms with Gasteiger partial charge in [0.15, 0.2) is 0 Å². The van der Waals surface area contributed by atoms with Crippen LogP contribution in [0.1, 0.15) is 18.9 Å². The average Bonchev–Trinajstić information content (AvgIpc) is 2.37. The van der Waals surface area contributed by atoms with Crippen LogP contribution in [0.2, 0.25) is 0 Å². The summed E-state index contributed by atoms with van der Waals surface area (Å²) in [6.07, 6.45) is 0.385. The third kappa shape index (κ3) is 5.36. The molecule has 0 unspecified atom stereocenters. The van der Waals surface area contributed by atoms with Gasteiger partial charge in [-0.25, -0.2) is 0 Å². The van der Waals surface area contributed by atoms with Gasteiger partial charge in [-0.1, -0.05) is 19.1 Å². The van der Waals surface area contributed by atoms with E-state index < -0.39 is 0 Å². The number of amides is 1. The van der Waals surface area contributed by atoms with Gasteiger partial charge in [0, 0.05) is 13.6 Å². The fraction of sp³-hybridized carbons (Fsp3) is 0.462. The number of hydrogen-bond acceptors (Lipinski definition) is 3. The van der Waals surface area contributed by atoms with E-state index in [1.54, 1.807) is 7.05 Å². The second kappa shape index (κ2) is 7.68. The zero-order valence-electron chi connectivity index (χ0n) is 10.5. The van der Waals surface area contributed by atoms with Crippen LogP contribution in [0.25, 0.3) is 0 Å². The van der Waals surface area contributed by atoms with Crippen molar-refractivity contribution in [3.05, 3.63) is 29.8 Å². The highest BCUT2D eigenvalue weighted by atomic mass is 16.5. The second-order valence-electron chi connectivity index (χ2n) is 3.70. The van der Waals surface area contributed by atoms with Gasteiger partial charge in [0.05, 0.1) is 13.0 Å². The van der Waals surface area contributed by atoms with Crippen LogP contribution < -0.4 is 15.4 Å². The van der Waals surface area contributed by atoms with Crippen molar-refractivity contribution < 1.29 is 9.53 Å². The lowest BCUT2D eigenvalue weighted by Crippen LogP contribution is -2.20. The van der Waals surface area contributed by atoms with Gasteiger partial charge in [-0.05, 0) is 24.2 Å². The zero-order chi connectivity index (χ0) is 12.5. The van der Waals surface area contributed by atoms with E-state index in [0.29, 0.717) is 13.0 Å². The van der Waals surface area contributed by atoms with Crippen LogP contribution in [0, 0.1) is 0 Å². The topological polar surface area (TPSA) is 50.4 Å². The minimum Gasteiger partial charge on any atom is -0.493 e. The summed E-state index contributed by atoms with van der Waals surface area (Å²) in [5.74, 6) is 0.794. The Bertz CT molecular complexity index is 336. The van der Waals surface area contributed by atoms with E-state index in [-0.39, 0.29) is 5.91 Å². The number of ether oxygens (including phenoxy) is 1. The molecule has 17 heavy (non-hydrogen) atoms. The molecule has 0 radical (unpaired) electrons. The second-order valence-corrected chi connectivity index (χ2v) is 3.70. The molecule has 0 aliphatic rings. The zero-order valence-corrected chi connectivity index (χ0v) is 10.5. The molecule has 0 aromatic heterocycles. The molecule has 0 spiro atoms. The summed E-state index contributed by atoms with van der Waals surface area (Å²) in [6, 6.07) is 7.91. The van der Waals surface area contributed by atoms with E-state index in [9.17, 15) is 4.79 Å². The van der Waals surface area contributed by atoms with Crippen molar-refractivity contribution in [2.75, 3.05) is 20.2 Å². The molecule has 1 amide bonds. The Morgan fingerprint density at radius 2 is 2.00 bits per heavy atom. The van der Waals surface area contributed by atoms with E-state index in [4.69, 9.17) is 4.74 Å². The van der Waals surface area contributed by atoms with Crippen LogP contribution in [-0.4, -0.2) is 26.1 Å². The summed E-state index contributed by atoms with van der Waals surface area (Å²) in [5.41, 5.74) is 1.23. The summed E-state index contributed by atoms with van der Waals surface area (Å²) in [5, 5.41) is 5.81. The van der Waals surface area contributed by atoms with Crippen LogP contribution in [-0.2, 0) is 11.3 Å². The molecule has 0 atom stereocenters. The molecule has 0 fully saturated rings. The van der Waals surface area contributed by atoms with Crippen LogP contribution in [0.15, 0.2) is 24.3 Å². The first-order chi connectivity index (χ1) is 8.26. The SMILES string of the molecule is CCNCc1ccc(OCCC(=O)NC)cc1. The summed E-state index contributed by atoms with van der Waals surface area (Å²) in [7, 11) is 1.62. The molecule has 1 rings (SSSR count). The number of nitrogens with one attached hydrogen (secondary N) is 2. The van der Waals surface area contributed by atoms with Crippen molar-refractivity contribution in [2.45, 2.75) is 19.9 Å². The predicted molar refractivity (Wildman–Crippen MR) is 68.0 cm³/mol. The molecule has 0 saturated heterocycles. The number of carbonyl (C=O) groups excluding carboxylic acids is 1. The quantitative estimate of drug-likeness (QED) is 0.750. The standard InChI is InChI=1S/C13H20N2O2/c1-3-15-10-11-4-6-12(7-5-11)17-9-8-13(16)14-2/h4-7,15H,3,8-10H2,1-2H3,(H,14,16). The van der Waals surface area contributed by atoms with Crippen molar-refractivity contribution in [1.82, 2.24) is 10.6 Å². The lowest BCUT2D eigenvalue weighted by atomic mass is 10.2. The highest BCUT2D eigenvalue weighted by Crippen LogP contribution is 2.12. The first-order valence-electron chi connectivity index (χ1n) is 5.89. The van der Waals surface area contributed by atoms with Crippen LogP contribution >= 0.6 is 0 Å². The highest BCUT2D eigenvalue weighted by molar-refractivity contribution is 5.75. The van der Waals surface area contributed by atoms with E-state index in [0.717, 1.165) is 18.8 Å². The summed E-state index contributed by atoms with van der Waals surface area (Å²) in [4.78, 5) is 11.0. The third-order valence-electron chi connectivity index (χ3n) is 2.38. The van der Waals surface area contributed by atoms with Gasteiger partial charge in [-0.3, -0.25) is 4.79 Å². The Balaban J connectivity index is 2.32. The van der Waals surface area contributed by atoms with Gasteiger partial charge in [0.2, 0.25) is 5.91 Å². The molecule has 0 bridgehead atoms. The molecule has 2 N–H and O–H groups in total. The molecule has 94 valence electrons. The maximum Gasteiger partial charge on any atom is 0.223 e. The minimum atomic E-state index is -0.00577. The molecular weight excluding hydrogens is 216 g/mol. The van der Waals surface area contributed by atoms with Crippen LogP contribution in [0.3, 0.4) is 0 Å². The van der Waals surface area contributed by atoms with E-state index in [1.165, 1.54) is 5.56 Å². The molecule has 0 aliphatic heterocycles. The Kier molecular flexibility index (Phi) is 6.10. The monoisotopic (exact) mass is 236 g/mol. The summed E-state index contributed by atoms with van der Waals surface area (Å²) >= 11 is 0. The van der Waals surface area contributed by atoms with Gasteiger partial charge in [0.1, 0.15) is 5.75 Å². The van der Waals surface area contributed by atoms with Crippen LogP contribution in [0.4, 0.5) is 0 Å². The van der Waals surface area contributed by atoms with Gasteiger partial charge in [-0.15, -0.1) is 0 Å². The molecule has 4 heteroatoms. The van der Waals surface area contributed by atoms with Gasteiger partial charge >= 0.3 is 0 Å². The van der Waals surface area contributed by atoms with Gasteiger partial charge in [-0.2, -0.15) is 0 Å². The summed E-state index contributed by atoms with van der Waals surface area (Å²) < 4.78 is 5.46. The Morgan fingerprint density at radius 3 is 2.59 bits per heavy atom. The van der Waals surface area contributed by atoms with Crippen molar-refractivity contribution in [2.24, 2.45) is 0 Å². The maximum atomic E-state index is 11.0. The largest absolute Gasteiger partial charge is 0.493 e. The molecule has 0 heterocycles. The summed E-state index contributed by atoms with van der Waals surface area (Å²) in [6.45, 7) is 4.32. The molecule has 0 saturated carbocycles. The van der Waals surface area contributed by atoms with Crippen molar-refractivity contribution in [3.8, 4) is 5.75 Å². The molecular formula is C13H20N2O2. The Hall–Kier alpha value is -1.55. The molecule has 1 aromatic carbocycles. The smallest absolute Gasteiger partial charge is 0.223 e. The minimum absolute atomic E-state index is 0.00577.